The molecule has 1 aliphatic heterocycles. The third kappa shape index (κ3) is 5.02. The Morgan fingerprint density at radius 1 is 0.789 bits per heavy atom. The molecular weight excluding hydrogens is 230 g/mol. The third-order valence-corrected chi connectivity index (χ3v) is 3.71. The lowest BCUT2D eigenvalue weighted by atomic mass is 10.0. The normalized spacial score (nSPS) is 13.8. The summed E-state index contributed by atoms with van der Waals surface area (Å²) < 4.78 is 0. The minimum atomic E-state index is 1.18. The van der Waals surface area contributed by atoms with Crippen molar-refractivity contribution >= 4 is 5.71 Å². The molecule has 0 atom stereocenters. The Kier molecular flexibility index (Phi) is 5.38. The van der Waals surface area contributed by atoms with E-state index in [4.69, 9.17) is 0 Å². The van der Waals surface area contributed by atoms with E-state index in [1.54, 1.807) is 0 Å². The summed E-state index contributed by atoms with van der Waals surface area (Å²) in [4.78, 5) is 4.38. The molecule has 0 aromatic heterocycles. The number of rotatable bonds is 8. The molecule has 1 nitrogen and oxygen atoms in total. The van der Waals surface area contributed by atoms with Gasteiger partial charge in [-0.3, -0.25) is 4.99 Å². The maximum absolute atomic E-state index is 4.38. The second-order valence-corrected chi connectivity index (χ2v) is 5.64. The highest BCUT2D eigenvalue weighted by atomic mass is 14.8. The number of aliphatic imine (C=N–C) groups is 1. The van der Waals surface area contributed by atoms with E-state index in [0.717, 1.165) is 0 Å². The van der Waals surface area contributed by atoms with E-state index in [9.17, 15) is 0 Å². The number of hydrogen-bond acceptors (Lipinski definition) is 1. The smallest absolute Gasteiger partial charge is 0.0424 e. The van der Waals surface area contributed by atoms with Crippen molar-refractivity contribution in [3.63, 3.8) is 0 Å². The Balaban J connectivity index is 1.46. The quantitative estimate of drug-likeness (QED) is 0.563. The van der Waals surface area contributed by atoms with Gasteiger partial charge in [-0.15, -0.1) is 0 Å². The average Bonchev–Trinajstić information content (AvgIpc) is 2.37. The monoisotopic (exact) mass is 255 g/mol. The van der Waals surface area contributed by atoms with Crippen LogP contribution in [0, 0.1) is 6.92 Å². The summed E-state index contributed by atoms with van der Waals surface area (Å²) in [7, 11) is 0. The molecule has 1 aliphatic rings. The number of allylic oxidation sites excluding steroid dienone is 2. The maximum Gasteiger partial charge on any atom is 0.0424 e. The molecule has 19 heavy (non-hydrogen) atoms. The predicted octanol–water partition coefficient (Wildman–Crippen LogP) is 5.24. The van der Waals surface area contributed by atoms with Crippen molar-refractivity contribution in [2.45, 2.75) is 58.8 Å². The van der Waals surface area contributed by atoms with Gasteiger partial charge in [0.05, 0.1) is 0 Å². The van der Waals surface area contributed by atoms with Crippen molar-refractivity contribution in [2.75, 3.05) is 0 Å². The molecule has 0 saturated carbocycles. The van der Waals surface area contributed by atoms with Crippen molar-refractivity contribution in [1.82, 2.24) is 0 Å². The van der Waals surface area contributed by atoms with E-state index in [-0.39, 0.29) is 0 Å². The van der Waals surface area contributed by atoms with E-state index in [0.29, 0.717) is 0 Å². The van der Waals surface area contributed by atoms with Gasteiger partial charge >= 0.3 is 0 Å². The van der Waals surface area contributed by atoms with E-state index in [1.165, 1.54) is 67.5 Å². The molecule has 1 aromatic rings. The minimum absolute atomic E-state index is 1.18. The number of nitrogens with zero attached hydrogens (tertiary/aromatic N) is 1. The lowest BCUT2D eigenvalue weighted by molar-refractivity contribution is 0.622. The molecular formula is C18H25N. The van der Waals surface area contributed by atoms with Crippen LogP contribution in [0.2, 0.25) is 0 Å². The summed E-state index contributed by atoms with van der Waals surface area (Å²) in [6.45, 7) is 4.21. The molecule has 0 fully saturated rings. The van der Waals surface area contributed by atoms with Crippen LogP contribution >= 0.6 is 0 Å². The minimum Gasteiger partial charge on any atom is -0.258 e. The maximum atomic E-state index is 4.38. The van der Waals surface area contributed by atoms with Crippen LogP contribution in [-0.2, 0) is 6.42 Å². The fraction of sp³-hybridized carbons (Fsp3) is 0.500. The first-order valence-electron chi connectivity index (χ1n) is 7.55. The Morgan fingerprint density at radius 2 is 1.37 bits per heavy atom. The van der Waals surface area contributed by atoms with Gasteiger partial charge in [0.1, 0.15) is 0 Å². The largest absolute Gasteiger partial charge is 0.258 e. The van der Waals surface area contributed by atoms with Crippen LogP contribution in [0.25, 0.3) is 0 Å². The zero-order valence-corrected chi connectivity index (χ0v) is 12.3. The van der Waals surface area contributed by atoms with Gasteiger partial charge in [0.2, 0.25) is 0 Å². The van der Waals surface area contributed by atoms with E-state index >= 15 is 0 Å². The van der Waals surface area contributed by atoms with Gasteiger partial charge in [0, 0.05) is 11.4 Å². The Hall–Kier alpha value is -1.37. The van der Waals surface area contributed by atoms with Crippen LogP contribution in [0.3, 0.4) is 0 Å². The van der Waals surface area contributed by atoms with Crippen molar-refractivity contribution in [2.24, 2.45) is 4.99 Å². The molecule has 0 radical (unpaired) electrons. The third-order valence-electron chi connectivity index (χ3n) is 3.71. The Bertz CT molecular complexity index is 451. The highest BCUT2D eigenvalue weighted by molar-refractivity contribution is 6.00. The summed E-state index contributed by atoms with van der Waals surface area (Å²) in [6.07, 6.45) is 11.3. The summed E-state index contributed by atoms with van der Waals surface area (Å²) in [5.41, 5.74) is 5.33. The standard InChI is InChI=1S/C18H25N/c1-15-10-12-17(13-11-15)8-6-4-3-5-7-9-18-14-16(2)19-18/h10-14H,3-9H2,1-2H3. The number of unbranched alkanes of at least 4 members (excludes halogenated alkanes) is 4. The zero-order chi connectivity index (χ0) is 13.5. The molecule has 1 heterocycles. The molecule has 0 spiro atoms. The van der Waals surface area contributed by atoms with Crippen LogP contribution in [0.1, 0.15) is 56.6 Å². The molecule has 0 aliphatic carbocycles. The van der Waals surface area contributed by atoms with Gasteiger partial charge < -0.3 is 0 Å². The predicted molar refractivity (Wildman–Crippen MR) is 83.8 cm³/mol. The zero-order valence-electron chi connectivity index (χ0n) is 12.3. The molecule has 0 bridgehead atoms. The van der Waals surface area contributed by atoms with Crippen molar-refractivity contribution in [1.29, 1.82) is 0 Å². The Morgan fingerprint density at radius 3 is 2.00 bits per heavy atom. The average molecular weight is 255 g/mol. The Labute approximate surface area is 117 Å². The van der Waals surface area contributed by atoms with Crippen LogP contribution in [0.5, 0.6) is 0 Å². The topological polar surface area (TPSA) is 12.4 Å². The van der Waals surface area contributed by atoms with Crippen LogP contribution in [0.4, 0.5) is 0 Å². The second kappa shape index (κ2) is 7.28. The first-order chi connectivity index (χ1) is 9.24. The van der Waals surface area contributed by atoms with Gasteiger partial charge in [0.15, 0.2) is 0 Å². The summed E-state index contributed by atoms with van der Waals surface area (Å²) in [5, 5.41) is 0. The SMILES string of the molecule is CC1=CC(CCCCCCCc2ccc(C)cc2)=N1. The lowest BCUT2D eigenvalue weighted by Crippen LogP contribution is -2.03. The van der Waals surface area contributed by atoms with Gasteiger partial charge in [-0.25, -0.2) is 0 Å². The van der Waals surface area contributed by atoms with E-state index in [1.807, 2.05) is 0 Å². The first kappa shape index (κ1) is 14.0. The van der Waals surface area contributed by atoms with Gasteiger partial charge in [0.25, 0.3) is 0 Å². The molecule has 1 aromatic carbocycles. The molecule has 0 amide bonds. The molecule has 2 rings (SSSR count). The fourth-order valence-corrected chi connectivity index (χ4v) is 2.51. The molecule has 0 saturated heterocycles. The lowest BCUT2D eigenvalue weighted by Gasteiger charge is -2.10. The summed E-state index contributed by atoms with van der Waals surface area (Å²) >= 11 is 0. The summed E-state index contributed by atoms with van der Waals surface area (Å²) in [5.74, 6) is 0. The molecule has 0 N–H and O–H groups in total. The fourth-order valence-electron chi connectivity index (χ4n) is 2.51. The van der Waals surface area contributed by atoms with Crippen LogP contribution in [0.15, 0.2) is 41.0 Å². The molecule has 1 heteroatoms. The first-order valence-corrected chi connectivity index (χ1v) is 7.55. The van der Waals surface area contributed by atoms with E-state index < -0.39 is 0 Å². The highest BCUT2D eigenvalue weighted by Gasteiger charge is 2.04. The summed E-state index contributed by atoms with van der Waals surface area (Å²) in [6, 6.07) is 8.95. The molecule has 0 unspecified atom stereocenters. The van der Waals surface area contributed by atoms with Crippen molar-refractivity contribution < 1.29 is 0 Å². The van der Waals surface area contributed by atoms with Gasteiger partial charge in [-0.05, 0) is 51.2 Å². The van der Waals surface area contributed by atoms with Gasteiger partial charge in [-0.2, -0.15) is 0 Å². The number of benzene rings is 1. The number of aryl methyl sites for hydroxylation is 2. The van der Waals surface area contributed by atoms with Crippen LogP contribution in [-0.4, -0.2) is 5.71 Å². The van der Waals surface area contributed by atoms with Crippen molar-refractivity contribution in [3.05, 3.63) is 47.2 Å². The molecule has 102 valence electrons. The number of hydrogen-bond donors (Lipinski definition) is 0. The second-order valence-electron chi connectivity index (χ2n) is 5.64. The van der Waals surface area contributed by atoms with Crippen LogP contribution < -0.4 is 0 Å². The van der Waals surface area contributed by atoms with Gasteiger partial charge in [-0.1, -0.05) is 49.1 Å². The van der Waals surface area contributed by atoms with Crippen molar-refractivity contribution in [3.8, 4) is 0 Å². The highest BCUT2D eigenvalue weighted by Crippen LogP contribution is 2.15. The van der Waals surface area contributed by atoms with E-state index in [2.05, 4.69) is 49.2 Å².